The van der Waals surface area contributed by atoms with Gasteiger partial charge in [-0.3, -0.25) is 0 Å². The summed E-state index contributed by atoms with van der Waals surface area (Å²) in [7, 11) is -2.34. The van der Waals surface area contributed by atoms with E-state index in [-0.39, 0.29) is 10.5 Å². The van der Waals surface area contributed by atoms with Gasteiger partial charge in [-0.25, -0.2) is 4.21 Å². The van der Waals surface area contributed by atoms with Gasteiger partial charge < -0.3 is 0 Å². The zero-order chi connectivity index (χ0) is 10.7. The Bertz CT molecular complexity index is 412. The van der Waals surface area contributed by atoms with Crippen LogP contribution in [0.25, 0.3) is 0 Å². The number of nitriles is 1. The van der Waals surface area contributed by atoms with Crippen molar-refractivity contribution in [3.05, 3.63) is 29.3 Å². The van der Waals surface area contributed by atoms with Crippen molar-refractivity contribution >= 4 is 10.8 Å². The Balaban J connectivity index is 3.24. The highest BCUT2D eigenvalue weighted by Crippen LogP contribution is 2.20. The predicted molar refractivity (Wildman–Crippen MR) is 48.3 cm³/mol. The smallest absolute Gasteiger partial charge is 0.248 e. The Hall–Kier alpha value is -1.28. The highest BCUT2D eigenvalue weighted by atomic mass is 32.2. The SMILES string of the molecule is Cc1c(C#N)cccc1S(=O)C(F)F. The van der Waals surface area contributed by atoms with Gasteiger partial charge in [-0.2, -0.15) is 14.0 Å². The summed E-state index contributed by atoms with van der Waals surface area (Å²) >= 11 is 0. The van der Waals surface area contributed by atoms with Crippen molar-refractivity contribution < 1.29 is 13.0 Å². The van der Waals surface area contributed by atoms with Gasteiger partial charge in [0.15, 0.2) is 0 Å². The molecule has 0 aliphatic carbocycles. The molecule has 0 spiro atoms. The first-order valence-electron chi connectivity index (χ1n) is 3.76. The molecule has 2 nitrogen and oxygen atoms in total. The lowest BCUT2D eigenvalue weighted by Crippen LogP contribution is -2.05. The van der Waals surface area contributed by atoms with Crippen LogP contribution in [0.5, 0.6) is 0 Å². The van der Waals surface area contributed by atoms with Gasteiger partial charge in [-0.15, -0.1) is 0 Å². The fourth-order valence-electron chi connectivity index (χ4n) is 1.05. The van der Waals surface area contributed by atoms with Gasteiger partial charge in [-0.05, 0) is 24.6 Å². The fraction of sp³-hybridized carbons (Fsp3) is 0.222. The molecule has 0 amide bonds. The number of rotatable bonds is 2. The third kappa shape index (κ3) is 1.96. The molecule has 0 N–H and O–H groups in total. The lowest BCUT2D eigenvalue weighted by atomic mass is 10.1. The molecule has 0 bridgehead atoms. The van der Waals surface area contributed by atoms with Crippen LogP contribution in [0.15, 0.2) is 23.1 Å². The van der Waals surface area contributed by atoms with Crippen LogP contribution < -0.4 is 0 Å². The Morgan fingerprint density at radius 3 is 2.64 bits per heavy atom. The summed E-state index contributed by atoms with van der Waals surface area (Å²) in [5.74, 6) is -2.91. The van der Waals surface area contributed by atoms with Crippen molar-refractivity contribution in [2.75, 3.05) is 0 Å². The first-order valence-corrected chi connectivity index (χ1v) is 4.97. The summed E-state index contributed by atoms with van der Waals surface area (Å²) in [6.07, 6.45) is 0. The van der Waals surface area contributed by atoms with Crippen LogP contribution in [-0.4, -0.2) is 9.97 Å². The molecule has 0 radical (unpaired) electrons. The van der Waals surface area contributed by atoms with E-state index in [1.54, 1.807) is 0 Å². The first kappa shape index (κ1) is 10.8. The maximum absolute atomic E-state index is 12.1. The van der Waals surface area contributed by atoms with E-state index in [1.807, 2.05) is 6.07 Å². The molecule has 1 rings (SSSR count). The standard InChI is InChI=1S/C9H7F2NOS/c1-6-7(5-12)3-2-4-8(6)14(13)9(10)11/h2-4,9H,1H3. The van der Waals surface area contributed by atoms with E-state index in [0.717, 1.165) is 0 Å². The molecule has 1 aromatic rings. The van der Waals surface area contributed by atoms with Gasteiger partial charge in [0.1, 0.15) is 10.8 Å². The van der Waals surface area contributed by atoms with Crippen LogP contribution in [0, 0.1) is 18.3 Å². The van der Waals surface area contributed by atoms with E-state index in [0.29, 0.717) is 5.56 Å². The van der Waals surface area contributed by atoms with Gasteiger partial charge in [0.05, 0.1) is 11.6 Å². The maximum Gasteiger partial charge on any atom is 0.316 e. The van der Waals surface area contributed by atoms with Crippen molar-refractivity contribution in [2.24, 2.45) is 0 Å². The number of alkyl halides is 2. The maximum atomic E-state index is 12.1. The first-order chi connectivity index (χ1) is 6.57. The summed E-state index contributed by atoms with van der Waals surface area (Å²) in [6.45, 7) is 1.51. The Labute approximate surface area is 82.6 Å². The summed E-state index contributed by atoms with van der Waals surface area (Å²) in [5.41, 5.74) is 0.630. The molecule has 0 aliphatic heterocycles. The number of benzene rings is 1. The van der Waals surface area contributed by atoms with Crippen molar-refractivity contribution in [3.8, 4) is 6.07 Å². The monoisotopic (exact) mass is 215 g/mol. The normalized spacial score (nSPS) is 12.5. The summed E-state index contributed by atoms with van der Waals surface area (Å²) < 4.78 is 35.4. The fourth-order valence-corrected chi connectivity index (χ4v) is 1.87. The van der Waals surface area contributed by atoms with Gasteiger partial charge in [-0.1, -0.05) is 6.07 Å². The quantitative estimate of drug-likeness (QED) is 0.758. The Morgan fingerprint density at radius 2 is 2.14 bits per heavy atom. The molecule has 1 aromatic carbocycles. The van der Waals surface area contributed by atoms with E-state index in [2.05, 4.69) is 0 Å². The van der Waals surface area contributed by atoms with Gasteiger partial charge in [0.25, 0.3) is 0 Å². The highest BCUT2D eigenvalue weighted by Gasteiger charge is 2.18. The second kappa shape index (κ2) is 4.29. The van der Waals surface area contributed by atoms with Crippen LogP contribution in [0.2, 0.25) is 0 Å². The van der Waals surface area contributed by atoms with E-state index < -0.39 is 16.6 Å². The molecule has 0 aromatic heterocycles. The molecule has 5 heteroatoms. The molecule has 0 saturated carbocycles. The van der Waals surface area contributed by atoms with E-state index in [4.69, 9.17) is 5.26 Å². The Morgan fingerprint density at radius 1 is 1.50 bits per heavy atom. The van der Waals surface area contributed by atoms with Gasteiger partial charge in [0, 0.05) is 4.90 Å². The Kier molecular flexibility index (Phi) is 3.31. The summed E-state index contributed by atoms with van der Waals surface area (Å²) in [4.78, 5) is 0.0269. The van der Waals surface area contributed by atoms with Crippen molar-refractivity contribution in [3.63, 3.8) is 0 Å². The minimum absolute atomic E-state index is 0.0269. The predicted octanol–water partition coefficient (Wildman–Crippen LogP) is 2.20. The number of nitrogens with zero attached hydrogens (tertiary/aromatic N) is 1. The molecule has 74 valence electrons. The zero-order valence-electron chi connectivity index (χ0n) is 7.33. The number of halogens is 2. The minimum atomic E-state index is -2.91. The molecular weight excluding hydrogens is 208 g/mol. The molecule has 0 fully saturated rings. The highest BCUT2D eigenvalue weighted by molar-refractivity contribution is 7.85. The summed E-state index contributed by atoms with van der Waals surface area (Å²) in [5, 5.41) is 8.63. The third-order valence-corrected chi connectivity index (χ3v) is 2.98. The minimum Gasteiger partial charge on any atom is -0.248 e. The average molecular weight is 215 g/mol. The molecule has 0 saturated heterocycles. The molecule has 14 heavy (non-hydrogen) atoms. The lowest BCUT2D eigenvalue weighted by Gasteiger charge is -2.05. The van der Waals surface area contributed by atoms with E-state index in [9.17, 15) is 13.0 Å². The third-order valence-electron chi connectivity index (χ3n) is 1.78. The van der Waals surface area contributed by atoms with Crippen LogP contribution in [-0.2, 0) is 10.8 Å². The average Bonchev–Trinajstić information content (AvgIpc) is 2.17. The lowest BCUT2D eigenvalue weighted by molar-refractivity contribution is 0.244. The topological polar surface area (TPSA) is 40.9 Å². The molecule has 0 aliphatic rings. The zero-order valence-corrected chi connectivity index (χ0v) is 8.15. The van der Waals surface area contributed by atoms with E-state index >= 15 is 0 Å². The van der Waals surface area contributed by atoms with Gasteiger partial charge >= 0.3 is 5.76 Å². The van der Waals surface area contributed by atoms with Crippen LogP contribution in [0.1, 0.15) is 11.1 Å². The van der Waals surface area contributed by atoms with Crippen LogP contribution >= 0.6 is 0 Å². The molecule has 1 unspecified atom stereocenters. The van der Waals surface area contributed by atoms with Crippen LogP contribution in [0.3, 0.4) is 0 Å². The van der Waals surface area contributed by atoms with Crippen molar-refractivity contribution in [2.45, 2.75) is 17.6 Å². The van der Waals surface area contributed by atoms with Crippen molar-refractivity contribution in [1.82, 2.24) is 0 Å². The van der Waals surface area contributed by atoms with Crippen LogP contribution in [0.4, 0.5) is 8.78 Å². The number of hydrogen-bond acceptors (Lipinski definition) is 2. The molecule has 1 atom stereocenters. The molecular formula is C9H7F2NOS. The number of hydrogen-bond donors (Lipinski definition) is 0. The van der Waals surface area contributed by atoms with Gasteiger partial charge in [0.2, 0.25) is 0 Å². The second-order valence-electron chi connectivity index (χ2n) is 2.60. The largest absolute Gasteiger partial charge is 0.316 e. The summed E-state index contributed by atoms with van der Waals surface area (Å²) in [6, 6.07) is 6.14. The van der Waals surface area contributed by atoms with Crippen molar-refractivity contribution in [1.29, 1.82) is 5.26 Å². The van der Waals surface area contributed by atoms with E-state index in [1.165, 1.54) is 25.1 Å². The molecule has 0 heterocycles. The second-order valence-corrected chi connectivity index (χ2v) is 3.99.